The molecule has 3 aromatic heterocycles. The number of benzene rings is 1. The third-order valence-corrected chi connectivity index (χ3v) is 6.63. The second-order valence-electron chi connectivity index (χ2n) is 8.96. The Morgan fingerprint density at radius 3 is 2.78 bits per heavy atom. The van der Waals surface area contributed by atoms with Gasteiger partial charge in [-0.05, 0) is 37.8 Å². The van der Waals surface area contributed by atoms with Crippen LogP contribution in [0.2, 0.25) is 0 Å². The van der Waals surface area contributed by atoms with Crippen LogP contribution in [0.4, 0.5) is 5.82 Å². The van der Waals surface area contributed by atoms with Crippen molar-refractivity contribution in [3.05, 3.63) is 65.1 Å². The molecular weight excluding hydrogens is 400 g/mol. The molecule has 1 aliphatic carbocycles. The van der Waals surface area contributed by atoms with Gasteiger partial charge in [0.2, 0.25) is 0 Å². The van der Waals surface area contributed by atoms with E-state index in [1.54, 1.807) is 0 Å². The number of nitrogens with two attached hydrogens (primary N) is 1. The van der Waals surface area contributed by atoms with Crippen molar-refractivity contribution >= 4 is 5.82 Å². The Hall–Kier alpha value is -3.61. The first kappa shape index (κ1) is 19.1. The van der Waals surface area contributed by atoms with Crippen molar-refractivity contribution in [1.82, 2.24) is 24.5 Å². The molecule has 4 heterocycles. The summed E-state index contributed by atoms with van der Waals surface area (Å²) in [5.74, 6) is 0.999. The Kier molecular flexibility index (Phi) is 4.31. The van der Waals surface area contributed by atoms with Crippen molar-refractivity contribution in [2.24, 2.45) is 7.05 Å². The number of anilines is 1. The first-order valence-corrected chi connectivity index (χ1v) is 11.1. The van der Waals surface area contributed by atoms with Crippen molar-refractivity contribution in [2.75, 3.05) is 5.73 Å². The van der Waals surface area contributed by atoms with E-state index in [1.165, 1.54) is 17.5 Å². The second-order valence-corrected chi connectivity index (χ2v) is 8.96. The average Bonchev–Trinajstić information content (AvgIpc) is 3.29. The van der Waals surface area contributed by atoms with Crippen LogP contribution in [-0.2, 0) is 20.1 Å². The van der Waals surface area contributed by atoms with Crippen LogP contribution in [0.25, 0.3) is 22.5 Å². The molecule has 0 spiro atoms. The smallest absolute Gasteiger partial charge is 0.166 e. The standard InChI is InChI=1S/C25H26N6O/c1-15-6-7-21-19(8-15)14-32-22-10-17(11-27-25(22)26)24-16(9-18-13-30(2)29-23(18)21)12-28-31(24)20-4-3-5-20/h6-8,10-13,20H,3-5,9,14H2,1-2H3,(H2,26,27). The Morgan fingerprint density at radius 1 is 1.09 bits per heavy atom. The molecule has 1 aromatic carbocycles. The van der Waals surface area contributed by atoms with Gasteiger partial charge in [0, 0.05) is 48.1 Å². The van der Waals surface area contributed by atoms with Gasteiger partial charge in [-0.25, -0.2) is 4.98 Å². The summed E-state index contributed by atoms with van der Waals surface area (Å²) in [7, 11) is 1.97. The molecule has 1 fully saturated rings. The molecule has 32 heavy (non-hydrogen) atoms. The zero-order valence-electron chi connectivity index (χ0n) is 18.4. The molecule has 7 nitrogen and oxygen atoms in total. The van der Waals surface area contributed by atoms with E-state index in [4.69, 9.17) is 20.7 Å². The molecular formula is C25H26N6O. The van der Waals surface area contributed by atoms with E-state index in [-0.39, 0.29) is 0 Å². The first-order chi connectivity index (χ1) is 15.6. The van der Waals surface area contributed by atoms with E-state index < -0.39 is 0 Å². The molecule has 7 heteroatoms. The number of nitrogens with zero attached hydrogens (tertiary/aromatic N) is 5. The molecule has 2 bridgehead atoms. The highest BCUT2D eigenvalue weighted by Crippen LogP contribution is 2.39. The van der Waals surface area contributed by atoms with Crippen LogP contribution >= 0.6 is 0 Å². The predicted octanol–water partition coefficient (Wildman–Crippen LogP) is 4.44. The lowest BCUT2D eigenvalue weighted by molar-refractivity contribution is 0.292. The van der Waals surface area contributed by atoms with E-state index >= 15 is 0 Å². The number of ether oxygens (including phenoxy) is 1. The topological polar surface area (TPSA) is 83.8 Å². The molecule has 2 aliphatic rings. The van der Waals surface area contributed by atoms with Gasteiger partial charge in [0.05, 0.1) is 23.6 Å². The van der Waals surface area contributed by atoms with E-state index in [2.05, 4.69) is 41.0 Å². The van der Waals surface area contributed by atoms with Gasteiger partial charge in [0.15, 0.2) is 11.6 Å². The highest BCUT2D eigenvalue weighted by atomic mass is 16.5. The summed E-state index contributed by atoms with van der Waals surface area (Å²) in [6, 6.07) is 8.87. The summed E-state index contributed by atoms with van der Waals surface area (Å²) in [5.41, 5.74) is 15.0. The molecule has 0 radical (unpaired) electrons. The molecule has 0 saturated heterocycles. The number of aryl methyl sites for hydroxylation is 2. The number of fused-ring (bicyclic) bond motifs is 7. The lowest BCUT2D eigenvalue weighted by Crippen LogP contribution is -2.19. The summed E-state index contributed by atoms with van der Waals surface area (Å²) in [4.78, 5) is 4.47. The van der Waals surface area contributed by atoms with E-state index in [0.29, 0.717) is 24.2 Å². The molecule has 0 atom stereocenters. The maximum absolute atomic E-state index is 6.23. The van der Waals surface area contributed by atoms with E-state index in [0.717, 1.165) is 52.9 Å². The zero-order chi connectivity index (χ0) is 21.8. The van der Waals surface area contributed by atoms with Gasteiger partial charge >= 0.3 is 0 Å². The normalized spacial score (nSPS) is 15.4. The maximum Gasteiger partial charge on any atom is 0.166 e. The van der Waals surface area contributed by atoms with Crippen LogP contribution < -0.4 is 10.5 Å². The fourth-order valence-electron chi connectivity index (χ4n) is 4.78. The number of nitrogen functional groups attached to an aromatic ring is 1. The molecule has 1 saturated carbocycles. The predicted molar refractivity (Wildman–Crippen MR) is 123 cm³/mol. The molecule has 4 aromatic rings. The molecule has 2 N–H and O–H groups in total. The third-order valence-electron chi connectivity index (χ3n) is 6.63. The molecule has 0 amide bonds. The van der Waals surface area contributed by atoms with Gasteiger partial charge < -0.3 is 10.5 Å². The van der Waals surface area contributed by atoms with Crippen molar-refractivity contribution in [3.63, 3.8) is 0 Å². The second kappa shape index (κ2) is 7.22. The SMILES string of the molecule is Cc1ccc2c(c1)COc1cc(cnc1N)-c1c(cnn1C1CCC1)Cc1cn(C)nc1-2. The maximum atomic E-state index is 6.23. The zero-order valence-corrected chi connectivity index (χ0v) is 18.4. The van der Waals surface area contributed by atoms with Crippen LogP contribution in [0, 0.1) is 6.92 Å². The van der Waals surface area contributed by atoms with Crippen molar-refractivity contribution in [2.45, 2.75) is 45.3 Å². The number of hydrogen-bond acceptors (Lipinski definition) is 5. The van der Waals surface area contributed by atoms with Crippen molar-refractivity contribution < 1.29 is 4.74 Å². The van der Waals surface area contributed by atoms with Gasteiger partial charge in [-0.3, -0.25) is 9.36 Å². The first-order valence-electron chi connectivity index (χ1n) is 11.1. The molecule has 1 aliphatic heterocycles. The summed E-state index contributed by atoms with van der Waals surface area (Å²) >= 11 is 0. The minimum atomic E-state index is 0.398. The molecule has 6 rings (SSSR count). The summed E-state index contributed by atoms with van der Waals surface area (Å²) in [6.07, 6.45) is 10.3. The minimum Gasteiger partial charge on any atom is -0.485 e. The Balaban J connectivity index is 1.59. The van der Waals surface area contributed by atoms with Gasteiger partial charge in [0.25, 0.3) is 0 Å². The monoisotopic (exact) mass is 426 g/mol. The van der Waals surface area contributed by atoms with Crippen LogP contribution in [0.5, 0.6) is 5.75 Å². The fraction of sp³-hybridized carbons (Fsp3) is 0.320. The quantitative estimate of drug-likeness (QED) is 0.486. The van der Waals surface area contributed by atoms with Crippen LogP contribution in [0.1, 0.15) is 47.6 Å². The summed E-state index contributed by atoms with van der Waals surface area (Å²) < 4.78 is 10.3. The van der Waals surface area contributed by atoms with Gasteiger partial charge in [-0.1, -0.05) is 23.8 Å². The molecule has 0 unspecified atom stereocenters. The Labute approximate surface area is 186 Å². The summed E-state index contributed by atoms with van der Waals surface area (Å²) in [5, 5.41) is 9.65. The minimum absolute atomic E-state index is 0.398. The van der Waals surface area contributed by atoms with E-state index in [9.17, 15) is 0 Å². The van der Waals surface area contributed by atoms with E-state index in [1.807, 2.05) is 30.2 Å². The van der Waals surface area contributed by atoms with Crippen molar-refractivity contribution in [3.8, 4) is 28.3 Å². The van der Waals surface area contributed by atoms with Gasteiger partial charge in [-0.2, -0.15) is 10.2 Å². The largest absolute Gasteiger partial charge is 0.485 e. The van der Waals surface area contributed by atoms with Crippen LogP contribution in [-0.4, -0.2) is 24.5 Å². The van der Waals surface area contributed by atoms with Crippen LogP contribution in [0.3, 0.4) is 0 Å². The molecule has 162 valence electrons. The van der Waals surface area contributed by atoms with Crippen LogP contribution in [0.15, 0.2) is 42.9 Å². The number of hydrogen-bond donors (Lipinski definition) is 1. The lowest BCUT2D eigenvalue weighted by Gasteiger charge is -2.28. The van der Waals surface area contributed by atoms with Gasteiger partial charge in [-0.15, -0.1) is 0 Å². The fourth-order valence-corrected chi connectivity index (χ4v) is 4.78. The highest BCUT2D eigenvalue weighted by Gasteiger charge is 2.27. The number of pyridine rings is 1. The lowest BCUT2D eigenvalue weighted by atomic mass is 9.92. The van der Waals surface area contributed by atoms with Gasteiger partial charge in [0.1, 0.15) is 6.61 Å². The van der Waals surface area contributed by atoms with Crippen molar-refractivity contribution in [1.29, 1.82) is 0 Å². The highest BCUT2D eigenvalue weighted by molar-refractivity contribution is 5.71. The number of rotatable bonds is 1. The number of aromatic nitrogens is 5. The Bertz CT molecular complexity index is 1330. The average molecular weight is 427 g/mol. The summed E-state index contributed by atoms with van der Waals surface area (Å²) in [6.45, 7) is 2.49. The Morgan fingerprint density at radius 2 is 1.97 bits per heavy atom. The third kappa shape index (κ3) is 3.07.